The van der Waals surface area contributed by atoms with E-state index < -0.39 is 30.0 Å². The Kier molecular flexibility index (Phi) is 8.49. The first-order valence-corrected chi connectivity index (χ1v) is 9.24. The maximum absolute atomic E-state index is 12.7. The normalized spacial score (nSPS) is 11.0. The molecule has 7 nitrogen and oxygen atoms in total. The topological polar surface area (TPSA) is 89.0 Å². The van der Waals surface area contributed by atoms with Crippen LogP contribution < -0.4 is 20.2 Å². The number of anilines is 1. The highest BCUT2D eigenvalue weighted by Gasteiger charge is 2.30. The van der Waals surface area contributed by atoms with Crippen molar-refractivity contribution < 1.29 is 32.2 Å². The molecule has 0 saturated heterocycles. The third-order valence-corrected chi connectivity index (χ3v) is 4.03. The number of alkyl halides is 3. The molecule has 0 unspecified atom stereocenters. The van der Waals surface area contributed by atoms with Crippen LogP contribution in [0.1, 0.15) is 17.5 Å². The van der Waals surface area contributed by atoms with Gasteiger partial charge in [-0.2, -0.15) is 18.3 Å². The molecule has 0 spiro atoms. The van der Waals surface area contributed by atoms with Gasteiger partial charge in [0, 0.05) is 5.69 Å². The van der Waals surface area contributed by atoms with Crippen molar-refractivity contribution in [2.75, 3.05) is 19.0 Å². The van der Waals surface area contributed by atoms with Gasteiger partial charge < -0.3 is 14.8 Å². The van der Waals surface area contributed by atoms with E-state index in [0.29, 0.717) is 11.3 Å². The summed E-state index contributed by atoms with van der Waals surface area (Å²) in [4.78, 5) is 23.8. The molecule has 0 atom stereocenters. The van der Waals surface area contributed by atoms with Crippen LogP contribution in [-0.4, -0.2) is 31.7 Å². The summed E-state index contributed by atoms with van der Waals surface area (Å²) < 4.78 is 48.7. The van der Waals surface area contributed by atoms with Crippen molar-refractivity contribution in [3.8, 4) is 23.8 Å². The zero-order valence-corrected chi connectivity index (χ0v) is 17.4. The minimum Gasteiger partial charge on any atom is -0.493 e. The second-order valence-corrected chi connectivity index (χ2v) is 6.53. The molecule has 0 aliphatic heterocycles. The number of nitrogens with one attached hydrogen (secondary N) is 2. The zero-order valence-electron chi connectivity index (χ0n) is 16.6. The number of hydrogen-bond acceptors (Lipinski definition) is 5. The summed E-state index contributed by atoms with van der Waals surface area (Å²) in [6.45, 7) is -0.0118. The average molecular weight is 468 g/mol. The van der Waals surface area contributed by atoms with E-state index >= 15 is 0 Å². The third kappa shape index (κ3) is 7.21. The van der Waals surface area contributed by atoms with Gasteiger partial charge in [-0.05, 0) is 35.9 Å². The van der Waals surface area contributed by atoms with Crippen LogP contribution in [0.2, 0.25) is 5.02 Å². The van der Waals surface area contributed by atoms with Gasteiger partial charge in [0.1, 0.15) is 13.0 Å². The Morgan fingerprint density at radius 2 is 2.00 bits per heavy atom. The quantitative estimate of drug-likeness (QED) is 0.267. The summed E-state index contributed by atoms with van der Waals surface area (Å²) in [5, 5.41) is 6.14. The maximum atomic E-state index is 12.7. The van der Waals surface area contributed by atoms with Crippen molar-refractivity contribution in [3.63, 3.8) is 0 Å². The molecule has 0 radical (unpaired) electrons. The number of carbonyl (C=O) groups is 2. The Hall–Kier alpha value is -3.71. The fourth-order valence-corrected chi connectivity index (χ4v) is 2.68. The van der Waals surface area contributed by atoms with Crippen LogP contribution in [0.5, 0.6) is 11.5 Å². The third-order valence-electron chi connectivity index (χ3n) is 3.75. The number of nitrogens with zero attached hydrogens (tertiary/aromatic N) is 1. The second-order valence-electron chi connectivity index (χ2n) is 6.12. The Morgan fingerprint density at radius 3 is 2.66 bits per heavy atom. The zero-order chi connectivity index (χ0) is 23.7. The van der Waals surface area contributed by atoms with Gasteiger partial charge in [-0.25, -0.2) is 5.43 Å². The molecule has 2 aromatic carbocycles. The van der Waals surface area contributed by atoms with Gasteiger partial charge in [-0.15, -0.1) is 6.42 Å². The van der Waals surface area contributed by atoms with Crippen molar-refractivity contribution in [1.29, 1.82) is 0 Å². The van der Waals surface area contributed by atoms with Crippen molar-refractivity contribution in [2.24, 2.45) is 5.10 Å². The second kappa shape index (κ2) is 11.1. The summed E-state index contributed by atoms with van der Waals surface area (Å²) in [7, 11) is 1.40. The summed E-state index contributed by atoms with van der Waals surface area (Å²) in [6.07, 6.45) is 1.19. The molecule has 32 heavy (non-hydrogen) atoms. The van der Waals surface area contributed by atoms with E-state index in [1.807, 2.05) is 0 Å². The van der Waals surface area contributed by atoms with E-state index in [0.717, 1.165) is 18.2 Å². The van der Waals surface area contributed by atoms with Crippen molar-refractivity contribution in [1.82, 2.24) is 5.43 Å². The Balaban J connectivity index is 1.94. The van der Waals surface area contributed by atoms with E-state index in [1.54, 1.807) is 0 Å². The summed E-state index contributed by atoms with van der Waals surface area (Å²) in [5.74, 6) is 1.26. The van der Waals surface area contributed by atoms with Crippen molar-refractivity contribution >= 4 is 35.3 Å². The number of benzene rings is 2. The lowest BCUT2D eigenvalue weighted by Crippen LogP contribution is -2.24. The average Bonchev–Trinajstić information content (AvgIpc) is 2.72. The highest BCUT2D eigenvalue weighted by atomic mass is 35.5. The summed E-state index contributed by atoms with van der Waals surface area (Å²) in [5.41, 5.74) is 1.58. The van der Waals surface area contributed by atoms with E-state index in [-0.39, 0.29) is 23.1 Å². The minimum atomic E-state index is -4.55. The van der Waals surface area contributed by atoms with Gasteiger partial charge in [-0.1, -0.05) is 23.6 Å². The lowest BCUT2D eigenvalue weighted by atomic mass is 10.2. The van der Waals surface area contributed by atoms with Crippen LogP contribution in [0, 0.1) is 12.3 Å². The minimum absolute atomic E-state index is 0.0118. The van der Waals surface area contributed by atoms with Crippen LogP contribution >= 0.6 is 11.6 Å². The van der Waals surface area contributed by atoms with Gasteiger partial charge in [0.2, 0.25) is 11.8 Å². The number of hydrazone groups is 1. The lowest BCUT2D eigenvalue weighted by molar-refractivity contribution is -0.137. The number of halogens is 4. The molecule has 0 bridgehead atoms. The molecule has 2 rings (SSSR count). The monoisotopic (exact) mass is 467 g/mol. The van der Waals surface area contributed by atoms with E-state index in [9.17, 15) is 22.8 Å². The molecule has 2 aromatic rings. The van der Waals surface area contributed by atoms with E-state index in [4.69, 9.17) is 27.5 Å². The SMILES string of the molecule is C#CCOc1c(Cl)cc(C=NNC(=O)CC(=O)Nc2cccc(C(F)(F)F)c2)cc1OC. The predicted octanol–water partition coefficient (Wildman–Crippen LogP) is 3.86. The smallest absolute Gasteiger partial charge is 0.416 e. The van der Waals surface area contributed by atoms with E-state index in [2.05, 4.69) is 21.8 Å². The van der Waals surface area contributed by atoms with Gasteiger partial charge in [0.25, 0.3) is 0 Å². The number of amides is 2. The summed E-state index contributed by atoms with van der Waals surface area (Å²) >= 11 is 6.13. The Morgan fingerprint density at radius 1 is 1.25 bits per heavy atom. The van der Waals surface area contributed by atoms with Crippen LogP contribution in [0.4, 0.5) is 18.9 Å². The van der Waals surface area contributed by atoms with Gasteiger partial charge in [-0.3, -0.25) is 9.59 Å². The first kappa shape index (κ1) is 24.6. The molecular weight excluding hydrogens is 451 g/mol. The fourth-order valence-electron chi connectivity index (χ4n) is 2.41. The van der Waals surface area contributed by atoms with Gasteiger partial charge in [0.15, 0.2) is 11.5 Å². The first-order valence-electron chi connectivity index (χ1n) is 8.87. The molecule has 2 N–H and O–H groups in total. The van der Waals surface area contributed by atoms with Crippen LogP contribution in [0.25, 0.3) is 0 Å². The number of terminal acetylenes is 1. The molecule has 0 aromatic heterocycles. The molecule has 0 heterocycles. The number of carbonyl (C=O) groups excluding carboxylic acids is 2. The number of ether oxygens (including phenoxy) is 2. The van der Waals surface area contributed by atoms with E-state index in [1.165, 1.54) is 31.5 Å². The van der Waals surface area contributed by atoms with Gasteiger partial charge in [0.05, 0.1) is 23.9 Å². The lowest BCUT2D eigenvalue weighted by Gasteiger charge is -2.11. The van der Waals surface area contributed by atoms with Crippen molar-refractivity contribution in [3.05, 3.63) is 52.5 Å². The molecule has 0 aliphatic rings. The largest absolute Gasteiger partial charge is 0.493 e. The van der Waals surface area contributed by atoms with Crippen LogP contribution in [0.3, 0.4) is 0 Å². The highest BCUT2D eigenvalue weighted by molar-refractivity contribution is 6.32. The highest BCUT2D eigenvalue weighted by Crippen LogP contribution is 2.36. The fraction of sp³-hybridized carbons (Fsp3) is 0.190. The maximum Gasteiger partial charge on any atom is 0.416 e. The molecule has 0 saturated carbocycles. The number of methoxy groups -OCH3 is 1. The summed E-state index contributed by atoms with van der Waals surface area (Å²) in [6, 6.07) is 7.08. The number of rotatable bonds is 8. The molecule has 0 aliphatic carbocycles. The van der Waals surface area contributed by atoms with Crippen molar-refractivity contribution in [2.45, 2.75) is 12.6 Å². The molecular formula is C21H17ClF3N3O4. The van der Waals surface area contributed by atoms with Gasteiger partial charge >= 0.3 is 6.18 Å². The molecule has 11 heteroatoms. The molecule has 2 amide bonds. The Labute approximate surface area is 186 Å². The Bertz CT molecular complexity index is 1070. The molecule has 168 valence electrons. The molecule has 0 fully saturated rings. The van der Waals surface area contributed by atoms with Crippen LogP contribution in [-0.2, 0) is 15.8 Å². The standard InChI is InChI=1S/C21H17ClF3N3O4/c1-3-7-32-20-16(22)8-13(9-17(20)31-2)12-26-28-19(30)11-18(29)27-15-6-4-5-14(10-15)21(23,24)25/h1,4-6,8-10,12H,7,11H2,2H3,(H,27,29)(H,28,30). The number of hydrogen-bond donors (Lipinski definition) is 2. The van der Waals surface area contributed by atoms with Crippen LogP contribution in [0.15, 0.2) is 41.5 Å². The first-order chi connectivity index (χ1) is 15.1. The predicted molar refractivity (Wildman–Crippen MR) is 113 cm³/mol.